The van der Waals surface area contributed by atoms with Crippen molar-refractivity contribution in [3.05, 3.63) is 0 Å². The van der Waals surface area contributed by atoms with Gasteiger partial charge in [0.15, 0.2) is 5.96 Å². The minimum Gasteiger partial charge on any atom is -0.379 e. The van der Waals surface area contributed by atoms with Crippen LogP contribution in [0, 0.1) is 0 Å². The van der Waals surface area contributed by atoms with Crippen LogP contribution in [-0.4, -0.2) is 97.2 Å². The molecule has 1 N–H and O–H groups in total. The lowest BCUT2D eigenvalue weighted by Crippen LogP contribution is -2.66. The monoisotopic (exact) mass is 353 g/mol. The second kappa shape index (κ2) is 8.36. The molecule has 1 atom stereocenters. The lowest BCUT2D eigenvalue weighted by atomic mass is 9.96. The first-order valence-corrected chi connectivity index (χ1v) is 9.36. The molecule has 1 unspecified atom stereocenters. The van der Waals surface area contributed by atoms with Crippen LogP contribution in [-0.2, 0) is 9.53 Å². The molecule has 0 bridgehead atoms. The Labute approximate surface area is 152 Å². The lowest BCUT2D eigenvalue weighted by Gasteiger charge is -2.49. The van der Waals surface area contributed by atoms with Crippen LogP contribution in [0.5, 0.6) is 0 Å². The maximum atomic E-state index is 12.6. The summed E-state index contributed by atoms with van der Waals surface area (Å²) < 4.78 is 5.48. The van der Waals surface area contributed by atoms with Crippen LogP contribution >= 0.6 is 0 Å². The number of nitrogens with zero attached hydrogens (tertiary/aromatic N) is 4. The van der Waals surface area contributed by atoms with Crippen molar-refractivity contribution in [3.8, 4) is 0 Å². The fourth-order valence-electron chi connectivity index (χ4n) is 4.05. The van der Waals surface area contributed by atoms with Crippen LogP contribution < -0.4 is 5.32 Å². The highest BCUT2D eigenvalue weighted by molar-refractivity contribution is 5.88. The predicted octanol–water partition coefficient (Wildman–Crippen LogP) is 0.614. The van der Waals surface area contributed by atoms with Crippen LogP contribution in [0.2, 0.25) is 0 Å². The predicted molar refractivity (Wildman–Crippen MR) is 101 cm³/mol. The Morgan fingerprint density at radius 2 is 2.16 bits per heavy atom. The molecule has 0 aromatic heterocycles. The molecule has 7 heteroatoms. The summed E-state index contributed by atoms with van der Waals surface area (Å²) in [4.78, 5) is 23.5. The van der Waals surface area contributed by atoms with E-state index in [4.69, 9.17) is 4.74 Å². The van der Waals surface area contributed by atoms with Gasteiger partial charge in [-0.3, -0.25) is 14.7 Å². The SMILES string of the molecule is CN=C(NCCN1CCOCC1C)N1CC(=O)N(C(C)C)C(C)(C)C1. The molecule has 25 heavy (non-hydrogen) atoms. The molecule has 0 radical (unpaired) electrons. The summed E-state index contributed by atoms with van der Waals surface area (Å²) in [5.74, 6) is 0.974. The lowest BCUT2D eigenvalue weighted by molar-refractivity contribution is -0.145. The van der Waals surface area contributed by atoms with E-state index in [9.17, 15) is 4.79 Å². The van der Waals surface area contributed by atoms with E-state index in [1.165, 1.54) is 0 Å². The molecule has 2 aliphatic heterocycles. The Balaban J connectivity index is 1.91. The molecular weight excluding hydrogens is 318 g/mol. The zero-order valence-corrected chi connectivity index (χ0v) is 16.7. The molecule has 0 aromatic carbocycles. The van der Waals surface area contributed by atoms with E-state index in [2.05, 4.69) is 54.7 Å². The number of carbonyl (C=O) groups excluding carboxylic acids is 1. The molecule has 2 aliphatic rings. The Kier molecular flexibility index (Phi) is 6.68. The van der Waals surface area contributed by atoms with Gasteiger partial charge in [-0.05, 0) is 34.6 Å². The molecule has 0 aromatic rings. The largest absolute Gasteiger partial charge is 0.379 e. The number of hydrogen-bond acceptors (Lipinski definition) is 4. The summed E-state index contributed by atoms with van der Waals surface area (Å²) in [5, 5.41) is 3.43. The Hall–Kier alpha value is -1.34. The molecule has 2 heterocycles. The van der Waals surface area contributed by atoms with Gasteiger partial charge in [0.1, 0.15) is 0 Å². The van der Waals surface area contributed by atoms with Gasteiger partial charge in [0.05, 0.1) is 25.3 Å². The molecule has 144 valence electrons. The van der Waals surface area contributed by atoms with Crippen molar-refractivity contribution in [2.75, 3.05) is 53.0 Å². The average molecular weight is 354 g/mol. The number of hydrogen-bond donors (Lipinski definition) is 1. The number of aliphatic imine (C=N–C) groups is 1. The van der Waals surface area contributed by atoms with Crippen molar-refractivity contribution in [2.45, 2.75) is 52.2 Å². The van der Waals surface area contributed by atoms with Crippen LogP contribution in [0.4, 0.5) is 0 Å². The molecule has 7 nitrogen and oxygen atoms in total. The van der Waals surface area contributed by atoms with E-state index in [0.29, 0.717) is 12.6 Å². The minimum absolute atomic E-state index is 0.163. The van der Waals surface area contributed by atoms with Crippen LogP contribution in [0.3, 0.4) is 0 Å². The fourth-order valence-corrected chi connectivity index (χ4v) is 4.05. The van der Waals surface area contributed by atoms with Gasteiger partial charge < -0.3 is 19.9 Å². The third-order valence-electron chi connectivity index (χ3n) is 5.04. The highest BCUT2D eigenvalue weighted by atomic mass is 16.5. The number of piperazine rings is 1. The number of carbonyl (C=O) groups is 1. The van der Waals surface area contributed by atoms with E-state index in [0.717, 1.165) is 45.4 Å². The Morgan fingerprint density at radius 1 is 1.44 bits per heavy atom. The van der Waals surface area contributed by atoms with E-state index in [1.807, 2.05) is 4.90 Å². The summed E-state index contributed by atoms with van der Waals surface area (Å²) in [6.07, 6.45) is 0. The van der Waals surface area contributed by atoms with Gasteiger partial charge >= 0.3 is 0 Å². The minimum atomic E-state index is -0.208. The normalized spacial score (nSPS) is 25.6. The standard InChI is InChI=1S/C18H35N5O2/c1-14(2)23-16(24)11-22(13-18(23,4)5)17(19-6)20-7-8-21-9-10-25-12-15(21)3/h14-15H,7-13H2,1-6H3,(H,19,20). The van der Waals surface area contributed by atoms with Crippen molar-refractivity contribution in [1.29, 1.82) is 0 Å². The van der Waals surface area contributed by atoms with Gasteiger partial charge in [-0.25, -0.2) is 0 Å². The van der Waals surface area contributed by atoms with Crippen molar-refractivity contribution in [3.63, 3.8) is 0 Å². The number of rotatable bonds is 4. The summed E-state index contributed by atoms with van der Waals surface area (Å²) in [5.41, 5.74) is -0.208. The van der Waals surface area contributed by atoms with Crippen LogP contribution in [0.1, 0.15) is 34.6 Å². The van der Waals surface area contributed by atoms with Crippen LogP contribution in [0.25, 0.3) is 0 Å². The first-order chi connectivity index (χ1) is 11.8. The van der Waals surface area contributed by atoms with Crippen LogP contribution in [0.15, 0.2) is 4.99 Å². The van der Waals surface area contributed by atoms with Crippen molar-refractivity contribution in [2.24, 2.45) is 4.99 Å². The molecule has 0 aliphatic carbocycles. The Bertz CT molecular complexity index is 492. The maximum absolute atomic E-state index is 12.6. The highest BCUT2D eigenvalue weighted by Gasteiger charge is 2.40. The summed E-state index contributed by atoms with van der Waals surface area (Å²) >= 11 is 0. The van der Waals surface area contributed by atoms with Crippen molar-refractivity contribution in [1.82, 2.24) is 20.0 Å². The number of ether oxygens (including phenoxy) is 1. The quantitative estimate of drug-likeness (QED) is 0.593. The first kappa shape index (κ1) is 20.0. The third-order valence-corrected chi connectivity index (χ3v) is 5.04. The molecule has 2 saturated heterocycles. The highest BCUT2D eigenvalue weighted by Crippen LogP contribution is 2.24. The first-order valence-electron chi connectivity index (χ1n) is 9.36. The van der Waals surface area contributed by atoms with E-state index < -0.39 is 0 Å². The van der Waals surface area contributed by atoms with Crippen molar-refractivity contribution >= 4 is 11.9 Å². The van der Waals surface area contributed by atoms with E-state index in [1.54, 1.807) is 7.05 Å². The number of nitrogens with one attached hydrogen (secondary N) is 1. The number of amides is 1. The van der Waals surface area contributed by atoms with Gasteiger partial charge in [-0.1, -0.05) is 0 Å². The summed E-state index contributed by atoms with van der Waals surface area (Å²) in [6, 6.07) is 0.662. The van der Waals surface area contributed by atoms with Gasteiger partial charge in [0.2, 0.25) is 5.91 Å². The van der Waals surface area contributed by atoms with Gasteiger partial charge in [0, 0.05) is 45.3 Å². The van der Waals surface area contributed by atoms with E-state index >= 15 is 0 Å². The molecule has 0 spiro atoms. The molecule has 2 rings (SSSR count). The fraction of sp³-hybridized carbons (Fsp3) is 0.889. The molecule has 1 amide bonds. The van der Waals surface area contributed by atoms with Gasteiger partial charge in [-0.2, -0.15) is 0 Å². The zero-order chi connectivity index (χ0) is 18.6. The smallest absolute Gasteiger partial charge is 0.242 e. The van der Waals surface area contributed by atoms with Gasteiger partial charge in [0.25, 0.3) is 0 Å². The molecular formula is C18H35N5O2. The molecule has 2 fully saturated rings. The number of morpholine rings is 1. The van der Waals surface area contributed by atoms with Crippen molar-refractivity contribution < 1.29 is 9.53 Å². The van der Waals surface area contributed by atoms with Gasteiger partial charge in [-0.15, -0.1) is 0 Å². The summed E-state index contributed by atoms with van der Waals surface area (Å²) in [7, 11) is 1.78. The average Bonchev–Trinajstić information content (AvgIpc) is 2.51. The third kappa shape index (κ3) is 4.85. The molecule has 0 saturated carbocycles. The zero-order valence-electron chi connectivity index (χ0n) is 16.7. The Morgan fingerprint density at radius 3 is 2.72 bits per heavy atom. The second-order valence-electron chi connectivity index (χ2n) is 7.96. The maximum Gasteiger partial charge on any atom is 0.242 e. The topological polar surface area (TPSA) is 60.4 Å². The number of guanidine groups is 1. The second-order valence-corrected chi connectivity index (χ2v) is 7.96. The van der Waals surface area contributed by atoms with E-state index in [-0.39, 0.29) is 17.5 Å². The summed E-state index contributed by atoms with van der Waals surface area (Å²) in [6.45, 7) is 16.1.